The van der Waals surface area contributed by atoms with Crippen LogP contribution in [-0.2, 0) is 25.9 Å². The standard InChI is InChI=1S/C21H23N7O2S.C2HF3O2/c1-31(29,30)12-13-8-16(4-5-17(13)21(23)6-7-21)25-18-9-19(26-15-2-3-15)28-20(27-18)14(10-22)11-24-28;3-2(4,5)1(6)7/h4-5,8-9,11,15,26H,2-3,6-7,12,23H2,1H3,(H,25,27);(H,6,7). The fourth-order valence-corrected chi connectivity index (χ4v) is 4.56. The molecule has 0 amide bonds. The summed E-state index contributed by atoms with van der Waals surface area (Å²) in [4.78, 5) is 13.5. The van der Waals surface area contributed by atoms with Gasteiger partial charge in [-0.2, -0.15) is 28.0 Å². The largest absolute Gasteiger partial charge is 0.490 e. The number of nitrogens with one attached hydrogen (secondary N) is 2. The van der Waals surface area contributed by atoms with Gasteiger partial charge in [-0.05, 0) is 48.9 Å². The van der Waals surface area contributed by atoms with Crippen LogP contribution in [0.25, 0.3) is 5.65 Å². The van der Waals surface area contributed by atoms with Gasteiger partial charge in [0.05, 0.1) is 11.9 Å². The number of alkyl halides is 3. The molecule has 2 saturated carbocycles. The van der Waals surface area contributed by atoms with Crippen molar-refractivity contribution in [3.63, 3.8) is 0 Å². The van der Waals surface area contributed by atoms with Gasteiger partial charge in [0, 0.05) is 29.6 Å². The Labute approximate surface area is 215 Å². The average molecular weight is 552 g/mol. The van der Waals surface area contributed by atoms with Crippen LogP contribution in [0.5, 0.6) is 0 Å². The lowest BCUT2D eigenvalue weighted by molar-refractivity contribution is -0.192. The average Bonchev–Trinajstić information content (AvgIpc) is 3.72. The summed E-state index contributed by atoms with van der Waals surface area (Å²) in [6.07, 6.45) is 1.53. The normalized spacial score (nSPS) is 16.2. The molecular weight excluding hydrogens is 527 g/mol. The number of nitrogens with zero attached hydrogens (tertiary/aromatic N) is 4. The summed E-state index contributed by atoms with van der Waals surface area (Å²) in [7, 11) is -3.22. The van der Waals surface area contributed by atoms with Gasteiger partial charge in [0.2, 0.25) is 0 Å². The zero-order valence-electron chi connectivity index (χ0n) is 20.1. The molecule has 1 aromatic carbocycles. The number of benzene rings is 1. The molecule has 0 radical (unpaired) electrons. The van der Waals surface area contributed by atoms with Crippen LogP contribution >= 0.6 is 0 Å². The molecule has 2 fully saturated rings. The number of carbonyl (C=O) groups is 1. The molecule has 2 aliphatic carbocycles. The molecule has 38 heavy (non-hydrogen) atoms. The Kier molecular flexibility index (Phi) is 6.97. The van der Waals surface area contributed by atoms with Gasteiger partial charge in [-0.15, -0.1) is 0 Å². The van der Waals surface area contributed by atoms with Crippen LogP contribution in [0.1, 0.15) is 42.4 Å². The predicted octanol–water partition coefficient (Wildman–Crippen LogP) is 3.04. The summed E-state index contributed by atoms with van der Waals surface area (Å²) in [5.41, 5.74) is 9.07. The van der Waals surface area contributed by atoms with E-state index in [1.165, 1.54) is 12.5 Å². The van der Waals surface area contributed by atoms with Gasteiger partial charge in [0.1, 0.15) is 23.3 Å². The number of nitriles is 1. The van der Waals surface area contributed by atoms with Crippen LogP contribution in [0.2, 0.25) is 0 Å². The third kappa shape index (κ3) is 6.50. The minimum Gasteiger partial charge on any atom is -0.475 e. The van der Waals surface area contributed by atoms with E-state index in [4.69, 9.17) is 15.6 Å². The number of fused-ring (bicyclic) bond motifs is 1. The number of nitrogens with two attached hydrogens (primary N) is 1. The molecule has 0 aliphatic heterocycles. The molecule has 5 N–H and O–H groups in total. The van der Waals surface area contributed by atoms with E-state index in [1.54, 1.807) is 4.52 Å². The van der Waals surface area contributed by atoms with Gasteiger partial charge in [-0.25, -0.2) is 18.2 Å². The Morgan fingerprint density at radius 3 is 2.50 bits per heavy atom. The molecule has 0 saturated heterocycles. The van der Waals surface area contributed by atoms with Crippen molar-refractivity contribution >= 4 is 38.8 Å². The molecule has 11 nitrogen and oxygen atoms in total. The van der Waals surface area contributed by atoms with Crippen molar-refractivity contribution in [1.29, 1.82) is 5.26 Å². The number of rotatable bonds is 7. The molecule has 2 heterocycles. The summed E-state index contributed by atoms with van der Waals surface area (Å²) < 4.78 is 57.3. The highest BCUT2D eigenvalue weighted by Crippen LogP contribution is 2.45. The van der Waals surface area contributed by atoms with Gasteiger partial charge in [0.15, 0.2) is 15.5 Å². The number of halogens is 3. The van der Waals surface area contributed by atoms with E-state index < -0.39 is 27.5 Å². The Balaban J connectivity index is 0.000000426. The first-order valence-corrected chi connectivity index (χ1v) is 13.5. The molecule has 0 unspecified atom stereocenters. The maximum atomic E-state index is 12.0. The third-order valence-corrected chi connectivity index (χ3v) is 6.72. The fourth-order valence-electron chi connectivity index (χ4n) is 3.76. The number of sulfone groups is 1. The number of carboxylic acids is 1. The zero-order valence-corrected chi connectivity index (χ0v) is 20.9. The van der Waals surface area contributed by atoms with Crippen LogP contribution in [0, 0.1) is 11.3 Å². The van der Waals surface area contributed by atoms with E-state index in [0.717, 1.165) is 37.1 Å². The summed E-state index contributed by atoms with van der Waals surface area (Å²) in [6, 6.07) is 9.97. The van der Waals surface area contributed by atoms with Gasteiger partial charge in [0.25, 0.3) is 0 Å². The zero-order chi connectivity index (χ0) is 27.9. The molecule has 3 aromatic rings. The SMILES string of the molecule is CS(=O)(=O)Cc1cc(Nc2cc(NC3CC3)n3ncc(C#N)c3n2)ccc1C1(N)CC1.O=C(O)C(F)(F)F. The highest BCUT2D eigenvalue weighted by Gasteiger charge is 2.41. The first-order chi connectivity index (χ1) is 17.7. The Morgan fingerprint density at radius 2 is 1.97 bits per heavy atom. The summed E-state index contributed by atoms with van der Waals surface area (Å²) in [5, 5.41) is 27.5. The van der Waals surface area contributed by atoms with Crippen molar-refractivity contribution in [1.82, 2.24) is 14.6 Å². The summed E-state index contributed by atoms with van der Waals surface area (Å²) in [5.74, 6) is -1.53. The second-order valence-electron chi connectivity index (χ2n) is 9.38. The second-order valence-corrected chi connectivity index (χ2v) is 11.5. The van der Waals surface area contributed by atoms with Gasteiger partial charge in [-0.1, -0.05) is 6.07 Å². The minimum atomic E-state index is -5.08. The van der Waals surface area contributed by atoms with E-state index in [9.17, 15) is 26.9 Å². The number of hydrogen-bond donors (Lipinski definition) is 4. The van der Waals surface area contributed by atoms with Crippen LogP contribution in [0.4, 0.5) is 30.5 Å². The number of carboxylic acid groups (broad SMARTS) is 1. The maximum Gasteiger partial charge on any atom is 0.490 e. The highest BCUT2D eigenvalue weighted by molar-refractivity contribution is 7.89. The van der Waals surface area contributed by atoms with Gasteiger partial charge < -0.3 is 21.5 Å². The van der Waals surface area contributed by atoms with Gasteiger partial charge in [-0.3, -0.25) is 0 Å². The van der Waals surface area contributed by atoms with Crippen LogP contribution in [-0.4, -0.2) is 52.6 Å². The van der Waals surface area contributed by atoms with E-state index in [1.807, 2.05) is 24.3 Å². The molecule has 0 spiro atoms. The monoisotopic (exact) mass is 551 g/mol. The maximum absolute atomic E-state index is 12.0. The van der Waals surface area contributed by atoms with Gasteiger partial charge >= 0.3 is 12.1 Å². The molecule has 0 bridgehead atoms. The Bertz CT molecular complexity index is 1540. The van der Waals surface area contributed by atoms with Crippen molar-refractivity contribution in [2.75, 3.05) is 16.9 Å². The second kappa shape index (κ2) is 9.76. The molecule has 5 rings (SSSR count). The van der Waals surface area contributed by atoms with E-state index in [0.29, 0.717) is 34.3 Å². The van der Waals surface area contributed by atoms with E-state index in [2.05, 4.69) is 26.8 Å². The quantitative estimate of drug-likeness (QED) is 0.341. The number of aromatic nitrogens is 3. The Hall–Kier alpha value is -3.90. The lowest BCUT2D eigenvalue weighted by Crippen LogP contribution is -2.21. The molecule has 202 valence electrons. The lowest BCUT2D eigenvalue weighted by atomic mass is 9.99. The topological polar surface area (TPSA) is 175 Å². The van der Waals surface area contributed by atoms with Crippen molar-refractivity contribution in [3.05, 3.63) is 47.2 Å². The van der Waals surface area contributed by atoms with Crippen LogP contribution in [0.3, 0.4) is 0 Å². The van der Waals surface area contributed by atoms with Crippen molar-refractivity contribution in [3.8, 4) is 6.07 Å². The molecule has 15 heteroatoms. The number of anilines is 3. The first kappa shape index (κ1) is 27.1. The summed E-state index contributed by atoms with van der Waals surface area (Å²) >= 11 is 0. The van der Waals surface area contributed by atoms with E-state index in [-0.39, 0.29) is 5.75 Å². The van der Waals surface area contributed by atoms with Crippen LogP contribution < -0.4 is 16.4 Å². The lowest BCUT2D eigenvalue weighted by Gasteiger charge is -2.17. The fraction of sp³-hybridized carbons (Fsp3) is 0.391. The first-order valence-electron chi connectivity index (χ1n) is 11.4. The van der Waals surface area contributed by atoms with Crippen molar-refractivity contribution in [2.24, 2.45) is 5.73 Å². The van der Waals surface area contributed by atoms with E-state index >= 15 is 0 Å². The third-order valence-electron chi connectivity index (χ3n) is 5.88. The smallest absolute Gasteiger partial charge is 0.475 e. The highest BCUT2D eigenvalue weighted by atomic mass is 32.2. The Morgan fingerprint density at radius 1 is 1.32 bits per heavy atom. The number of aliphatic carboxylic acids is 1. The summed E-state index contributed by atoms with van der Waals surface area (Å²) in [6.45, 7) is 0. The number of hydrogen-bond acceptors (Lipinski definition) is 9. The molecule has 0 atom stereocenters. The predicted molar refractivity (Wildman–Crippen MR) is 131 cm³/mol. The minimum absolute atomic E-state index is 0.0705. The molecular formula is C23H24F3N7O4S. The molecule has 2 aromatic heterocycles. The van der Waals surface area contributed by atoms with Crippen molar-refractivity contribution < 1.29 is 31.5 Å². The van der Waals surface area contributed by atoms with Crippen LogP contribution in [0.15, 0.2) is 30.5 Å². The molecule has 2 aliphatic rings. The van der Waals surface area contributed by atoms with Crippen molar-refractivity contribution in [2.45, 2.75) is 49.2 Å².